The number of piperidine rings is 2. The Morgan fingerprint density at radius 1 is 1.05 bits per heavy atom. The molecule has 9 nitrogen and oxygen atoms in total. The van der Waals surface area contributed by atoms with Crippen molar-refractivity contribution in [3.63, 3.8) is 0 Å². The summed E-state index contributed by atoms with van der Waals surface area (Å²) >= 11 is 0. The maximum absolute atomic E-state index is 13.4. The van der Waals surface area contributed by atoms with Crippen LogP contribution in [0.2, 0.25) is 0 Å². The lowest BCUT2D eigenvalue weighted by Gasteiger charge is -2.35. The first-order chi connectivity index (χ1) is 17.7. The summed E-state index contributed by atoms with van der Waals surface area (Å²) in [6.07, 6.45) is -0.0904. The van der Waals surface area contributed by atoms with Crippen molar-refractivity contribution in [2.75, 3.05) is 31.5 Å². The van der Waals surface area contributed by atoms with Crippen LogP contribution in [0.4, 0.5) is 19.0 Å². The number of H-pyrrole nitrogens is 2. The summed E-state index contributed by atoms with van der Waals surface area (Å²) in [5.41, 5.74) is 0.0122. The number of halogens is 3. The average Bonchev–Trinajstić information content (AvgIpc) is 3.51. The normalized spacial score (nSPS) is 19.9. The summed E-state index contributed by atoms with van der Waals surface area (Å²) in [5.74, 6) is 0.569. The zero-order valence-electron chi connectivity index (χ0n) is 20.6. The molecular weight excluding hydrogens is 487 g/mol. The Hall–Kier alpha value is -3.41. The van der Waals surface area contributed by atoms with Crippen molar-refractivity contribution in [3.05, 3.63) is 41.2 Å². The number of hydrogen-bond acceptors (Lipinski definition) is 5. The van der Waals surface area contributed by atoms with E-state index in [0.29, 0.717) is 36.9 Å². The quantitative estimate of drug-likeness (QED) is 0.466. The maximum Gasteiger partial charge on any atom is 0.433 e. The number of carbonyl (C=O) groups is 2. The largest absolute Gasteiger partial charge is 0.433 e. The lowest BCUT2D eigenvalue weighted by Crippen LogP contribution is -2.39. The van der Waals surface area contributed by atoms with Crippen molar-refractivity contribution in [3.8, 4) is 0 Å². The monoisotopic (exact) mass is 517 g/mol. The Kier molecular flexibility index (Phi) is 6.93. The zero-order valence-corrected chi connectivity index (χ0v) is 20.6. The number of fused-ring (bicyclic) bond motifs is 1. The minimum Gasteiger partial charge on any atom is -0.330 e. The van der Waals surface area contributed by atoms with Gasteiger partial charge in [0.15, 0.2) is 5.82 Å². The van der Waals surface area contributed by atoms with Crippen LogP contribution < -0.4 is 5.32 Å². The second-order valence-electron chi connectivity index (χ2n) is 10.1. The van der Waals surface area contributed by atoms with Crippen molar-refractivity contribution in [2.45, 2.75) is 51.2 Å². The average molecular weight is 518 g/mol. The third-order valence-electron chi connectivity index (χ3n) is 7.32. The van der Waals surface area contributed by atoms with Crippen LogP contribution in [0.25, 0.3) is 10.9 Å². The number of nitrogens with zero attached hydrogens (tertiary/aromatic N) is 4. The summed E-state index contributed by atoms with van der Waals surface area (Å²) in [7, 11) is 0. The van der Waals surface area contributed by atoms with Gasteiger partial charge >= 0.3 is 6.18 Å². The standard InChI is InChI=1S/C25H30F3N7O2/c1-15-7-10-34(11-8-15)14-22(36)29-21-13-19(31-32-21)20-4-2-3-9-35(20)24(37)16-5-6-18-17(12-16)23(33-30-18)25(26,27)28/h5-6,12-13,15,20H,2-4,7-11,14H2,1H3,(H,30,33)(H2,29,31,32,36). The van der Waals surface area contributed by atoms with Crippen LogP contribution >= 0.6 is 0 Å². The molecule has 2 aliphatic heterocycles. The first-order valence-corrected chi connectivity index (χ1v) is 12.6. The predicted molar refractivity (Wildman–Crippen MR) is 131 cm³/mol. The van der Waals surface area contributed by atoms with E-state index in [0.717, 1.165) is 38.8 Å². The van der Waals surface area contributed by atoms with Crippen LogP contribution in [0, 0.1) is 5.92 Å². The van der Waals surface area contributed by atoms with Crippen molar-refractivity contribution in [1.29, 1.82) is 0 Å². The highest BCUT2D eigenvalue weighted by atomic mass is 19.4. The molecule has 0 spiro atoms. The van der Waals surface area contributed by atoms with Crippen molar-refractivity contribution < 1.29 is 22.8 Å². The number of aromatic amines is 2. The second kappa shape index (κ2) is 10.2. The maximum atomic E-state index is 13.4. The molecule has 3 aromatic rings. The van der Waals surface area contributed by atoms with Gasteiger partial charge in [0.2, 0.25) is 5.91 Å². The summed E-state index contributed by atoms with van der Waals surface area (Å²) < 4.78 is 40.1. The predicted octanol–water partition coefficient (Wildman–Crippen LogP) is 4.34. The van der Waals surface area contributed by atoms with Gasteiger partial charge < -0.3 is 10.2 Å². The smallest absolute Gasteiger partial charge is 0.330 e. The van der Waals surface area contributed by atoms with Crippen LogP contribution in [0.1, 0.15) is 66.8 Å². The number of nitrogens with one attached hydrogen (secondary N) is 3. The fourth-order valence-electron chi connectivity index (χ4n) is 5.20. The van der Waals surface area contributed by atoms with Crippen molar-refractivity contribution >= 4 is 28.5 Å². The van der Waals surface area contributed by atoms with Gasteiger partial charge in [0.25, 0.3) is 5.91 Å². The van der Waals surface area contributed by atoms with Gasteiger partial charge in [-0.25, -0.2) is 0 Å². The number of alkyl halides is 3. The number of benzene rings is 1. The molecule has 2 aliphatic rings. The number of anilines is 1. The number of amides is 2. The van der Waals surface area contributed by atoms with Crippen molar-refractivity contribution in [1.82, 2.24) is 30.2 Å². The van der Waals surface area contributed by atoms with E-state index in [9.17, 15) is 22.8 Å². The molecule has 0 radical (unpaired) electrons. The molecule has 1 atom stereocenters. The molecule has 12 heteroatoms. The van der Waals surface area contributed by atoms with E-state index in [1.807, 2.05) is 5.10 Å². The van der Waals surface area contributed by atoms with E-state index < -0.39 is 11.9 Å². The minimum atomic E-state index is -4.60. The van der Waals surface area contributed by atoms with E-state index in [1.165, 1.54) is 18.2 Å². The Morgan fingerprint density at radius 2 is 1.84 bits per heavy atom. The first kappa shape index (κ1) is 25.2. The summed E-state index contributed by atoms with van der Waals surface area (Å²) in [5, 5.41) is 15.6. The molecule has 198 valence electrons. The number of hydrogen-bond donors (Lipinski definition) is 3. The molecular formula is C25H30F3N7O2. The SMILES string of the molecule is CC1CCN(CC(=O)Nc2cc(C3CCCCN3C(=O)c3ccc4n[nH]c(C(F)(F)F)c4c3)[nH]n2)CC1. The van der Waals surface area contributed by atoms with Crippen LogP contribution in [0.3, 0.4) is 0 Å². The Labute approximate surface area is 211 Å². The van der Waals surface area contributed by atoms with Gasteiger partial charge in [-0.3, -0.25) is 24.7 Å². The van der Waals surface area contributed by atoms with E-state index in [4.69, 9.17) is 0 Å². The van der Waals surface area contributed by atoms with Gasteiger partial charge in [-0.05, 0) is 69.3 Å². The molecule has 1 unspecified atom stereocenters. The molecule has 2 aromatic heterocycles. The van der Waals surface area contributed by atoms with Gasteiger partial charge in [-0.1, -0.05) is 6.92 Å². The Morgan fingerprint density at radius 3 is 2.59 bits per heavy atom. The highest BCUT2D eigenvalue weighted by Crippen LogP contribution is 2.35. The molecule has 1 aromatic carbocycles. The van der Waals surface area contributed by atoms with Crippen molar-refractivity contribution in [2.24, 2.45) is 5.92 Å². The van der Waals surface area contributed by atoms with E-state index in [2.05, 4.69) is 32.4 Å². The summed E-state index contributed by atoms with van der Waals surface area (Å²) in [4.78, 5) is 29.8. The second-order valence-corrected chi connectivity index (χ2v) is 10.1. The van der Waals surface area contributed by atoms with Gasteiger partial charge in [-0.15, -0.1) is 0 Å². The fraction of sp³-hybridized carbons (Fsp3) is 0.520. The lowest BCUT2D eigenvalue weighted by atomic mass is 9.97. The Bertz CT molecular complexity index is 1280. The molecule has 3 N–H and O–H groups in total. The highest BCUT2D eigenvalue weighted by Gasteiger charge is 2.36. The van der Waals surface area contributed by atoms with E-state index in [-0.39, 0.29) is 34.3 Å². The lowest BCUT2D eigenvalue weighted by molar-refractivity contribution is -0.140. The summed E-state index contributed by atoms with van der Waals surface area (Å²) in [6.45, 7) is 4.78. The molecule has 4 heterocycles. The molecule has 0 bridgehead atoms. The Balaban J connectivity index is 1.30. The third-order valence-corrected chi connectivity index (χ3v) is 7.32. The number of aromatic nitrogens is 4. The van der Waals surface area contributed by atoms with Gasteiger partial charge in [0.05, 0.1) is 23.8 Å². The van der Waals surface area contributed by atoms with Crippen LogP contribution in [-0.2, 0) is 11.0 Å². The molecule has 2 saturated heterocycles. The summed E-state index contributed by atoms with van der Waals surface area (Å²) in [6, 6.07) is 5.56. The molecule has 0 saturated carbocycles. The molecule has 5 rings (SSSR count). The topological polar surface area (TPSA) is 110 Å². The minimum absolute atomic E-state index is 0.137. The molecule has 2 fully saturated rings. The number of rotatable bonds is 5. The number of likely N-dealkylation sites (tertiary alicyclic amines) is 2. The fourth-order valence-corrected chi connectivity index (χ4v) is 5.20. The number of carbonyl (C=O) groups excluding carboxylic acids is 2. The molecule has 2 amide bonds. The third kappa shape index (κ3) is 5.48. The van der Waals surface area contributed by atoms with Gasteiger partial charge in [-0.2, -0.15) is 23.4 Å². The van der Waals surface area contributed by atoms with E-state index >= 15 is 0 Å². The van der Waals surface area contributed by atoms with E-state index in [1.54, 1.807) is 11.0 Å². The van der Waals surface area contributed by atoms with Crippen LogP contribution in [-0.4, -0.2) is 68.2 Å². The first-order valence-electron chi connectivity index (χ1n) is 12.6. The zero-order chi connectivity index (χ0) is 26.2. The van der Waals surface area contributed by atoms with Gasteiger partial charge in [0.1, 0.15) is 5.69 Å². The molecule has 37 heavy (non-hydrogen) atoms. The van der Waals surface area contributed by atoms with Crippen LogP contribution in [0.5, 0.6) is 0 Å². The molecule has 0 aliphatic carbocycles. The van der Waals surface area contributed by atoms with Gasteiger partial charge in [0, 0.05) is 23.6 Å². The highest BCUT2D eigenvalue weighted by molar-refractivity contribution is 5.99. The van der Waals surface area contributed by atoms with Crippen LogP contribution in [0.15, 0.2) is 24.3 Å².